The Balaban J connectivity index is 2.25. The molecule has 0 aliphatic heterocycles. The number of esters is 1. The summed E-state index contributed by atoms with van der Waals surface area (Å²) < 4.78 is 4.99. The van der Waals surface area contributed by atoms with Gasteiger partial charge in [-0.15, -0.1) is 11.3 Å². The third-order valence-corrected chi connectivity index (χ3v) is 3.48. The minimum absolute atomic E-state index is 0.202. The van der Waals surface area contributed by atoms with Gasteiger partial charge in [0.05, 0.1) is 17.6 Å². The zero-order chi connectivity index (χ0) is 9.97. The average Bonchev–Trinajstić information content (AvgIpc) is 2.61. The molecule has 0 fully saturated rings. The first-order valence-corrected chi connectivity index (χ1v) is 5.84. The highest BCUT2D eigenvalue weighted by atomic mass is 32.1. The molecule has 0 atom stereocenters. The normalized spacial score (nSPS) is 14.9. The van der Waals surface area contributed by atoms with Gasteiger partial charge in [-0.3, -0.25) is 0 Å². The van der Waals surface area contributed by atoms with E-state index in [1.54, 1.807) is 11.3 Å². The van der Waals surface area contributed by atoms with Crippen LogP contribution in [0, 0.1) is 5.38 Å². The number of rotatable bonds is 2. The lowest BCUT2D eigenvalue weighted by molar-refractivity contribution is 0.0525. The summed E-state index contributed by atoms with van der Waals surface area (Å²) in [5, 5.41) is 3.07. The van der Waals surface area contributed by atoms with Crippen molar-refractivity contribution in [3.63, 3.8) is 0 Å². The molecule has 0 amide bonds. The van der Waals surface area contributed by atoms with Gasteiger partial charge in [0.1, 0.15) is 0 Å². The van der Waals surface area contributed by atoms with Gasteiger partial charge in [0.25, 0.3) is 0 Å². The first-order chi connectivity index (χ1) is 6.83. The van der Waals surface area contributed by atoms with Crippen LogP contribution in [0.2, 0.25) is 0 Å². The molecule has 0 aromatic carbocycles. The van der Waals surface area contributed by atoms with Crippen LogP contribution in [0.25, 0.3) is 0 Å². The lowest BCUT2D eigenvalue weighted by Crippen LogP contribution is -2.09. The van der Waals surface area contributed by atoms with Crippen LogP contribution in [-0.4, -0.2) is 12.6 Å². The fraction of sp³-hybridized carbons (Fsp3) is 0.545. The van der Waals surface area contributed by atoms with Gasteiger partial charge in [-0.1, -0.05) is 0 Å². The number of aryl methyl sites for hydroxylation is 1. The summed E-state index contributed by atoms with van der Waals surface area (Å²) in [6, 6.07) is 0. The number of fused-ring (bicyclic) bond motifs is 1. The zero-order valence-corrected chi connectivity index (χ0v) is 9.08. The highest BCUT2D eigenvalue weighted by Gasteiger charge is 2.20. The SMILES string of the molecule is CCOC(=O)c1[c]sc2c1CCCC2. The summed E-state index contributed by atoms with van der Waals surface area (Å²) >= 11 is 1.58. The molecule has 0 spiro atoms. The third-order valence-electron chi connectivity index (χ3n) is 2.47. The molecule has 0 bridgehead atoms. The summed E-state index contributed by atoms with van der Waals surface area (Å²) in [4.78, 5) is 12.9. The largest absolute Gasteiger partial charge is 0.462 e. The van der Waals surface area contributed by atoms with Crippen LogP contribution in [0.4, 0.5) is 0 Å². The van der Waals surface area contributed by atoms with Gasteiger partial charge in [0.15, 0.2) is 0 Å². The molecule has 1 aromatic rings. The molecule has 1 aliphatic carbocycles. The monoisotopic (exact) mass is 209 g/mol. The van der Waals surface area contributed by atoms with Crippen molar-refractivity contribution >= 4 is 17.3 Å². The summed E-state index contributed by atoms with van der Waals surface area (Å²) in [6.45, 7) is 2.27. The molecular formula is C11H13O2S. The highest BCUT2D eigenvalue weighted by Crippen LogP contribution is 2.29. The fourth-order valence-corrected chi connectivity index (χ4v) is 2.80. The smallest absolute Gasteiger partial charge is 0.339 e. The predicted octanol–water partition coefficient (Wildman–Crippen LogP) is 2.60. The third kappa shape index (κ3) is 1.69. The Bertz CT molecular complexity index is 341. The van der Waals surface area contributed by atoms with Crippen LogP contribution in [0.15, 0.2) is 0 Å². The van der Waals surface area contributed by atoms with Crippen molar-refractivity contribution in [2.24, 2.45) is 0 Å². The number of carbonyl (C=O) groups is 1. The van der Waals surface area contributed by atoms with E-state index in [1.807, 2.05) is 6.92 Å². The lowest BCUT2D eigenvalue weighted by Gasteiger charge is -2.11. The van der Waals surface area contributed by atoms with Gasteiger partial charge in [-0.2, -0.15) is 0 Å². The van der Waals surface area contributed by atoms with Crippen molar-refractivity contribution in [3.8, 4) is 0 Å². The van der Waals surface area contributed by atoms with E-state index in [1.165, 1.54) is 23.3 Å². The predicted molar refractivity (Wildman–Crippen MR) is 55.8 cm³/mol. The van der Waals surface area contributed by atoms with E-state index in [-0.39, 0.29) is 5.97 Å². The molecule has 1 radical (unpaired) electrons. The molecule has 2 nitrogen and oxygen atoms in total. The molecule has 3 heteroatoms. The van der Waals surface area contributed by atoms with Crippen molar-refractivity contribution in [1.29, 1.82) is 0 Å². The number of hydrogen-bond acceptors (Lipinski definition) is 3. The Morgan fingerprint density at radius 2 is 2.29 bits per heavy atom. The maximum absolute atomic E-state index is 11.5. The Hall–Kier alpha value is -0.830. The quantitative estimate of drug-likeness (QED) is 0.700. The van der Waals surface area contributed by atoms with Crippen molar-refractivity contribution < 1.29 is 9.53 Å². The Morgan fingerprint density at radius 3 is 3.07 bits per heavy atom. The summed E-state index contributed by atoms with van der Waals surface area (Å²) in [5.74, 6) is -0.202. The van der Waals surface area contributed by atoms with E-state index in [0.29, 0.717) is 12.2 Å². The minimum atomic E-state index is -0.202. The van der Waals surface area contributed by atoms with Crippen LogP contribution in [0.3, 0.4) is 0 Å². The second-order valence-corrected chi connectivity index (χ2v) is 4.31. The zero-order valence-electron chi connectivity index (χ0n) is 8.26. The lowest BCUT2D eigenvalue weighted by atomic mass is 9.96. The summed E-state index contributed by atoms with van der Waals surface area (Å²) in [5.41, 5.74) is 1.88. The maximum Gasteiger partial charge on any atom is 0.339 e. The van der Waals surface area contributed by atoms with Crippen molar-refractivity contribution in [1.82, 2.24) is 0 Å². The molecule has 0 unspecified atom stereocenters. The van der Waals surface area contributed by atoms with E-state index in [9.17, 15) is 4.79 Å². The molecule has 0 N–H and O–H groups in total. The Kier molecular flexibility index (Phi) is 2.87. The molecule has 1 aromatic heterocycles. The summed E-state index contributed by atoms with van der Waals surface area (Å²) in [6.07, 6.45) is 4.55. The van der Waals surface area contributed by atoms with Gasteiger partial charge in [0.2, 0.25) is 0 Å². The topological polar surface area (TPSA) is 26.3 Å². The van der Waals surface area contributed by atoms with Crippen molar-refractivity contribution in [2.75, 3.05) is 6.61 Å². The van der Waals surface area contributed by atoms with E-state index in [0.717, 1.165) is 12.8 Å². The van der Waals surface area contributed by atoms with Gasteiger partial charge in [-0.25, -0.2) is 4.79 Å². The second kappa shape index (κ2) is 4.13. The first kappa shape index (κ1) is 9.71. The minimum Gasteiger partial charge on any atom is -0.462 e. The van der Waals surface area contributed by atoms with E-state index in [4.69, 9.17) is 4.74 Å². The molecule has 1 aliphatic rings. The van der Waals surface area contributed by atoms with Gasteiger partial charge in [-0.05, 0) is 38.2 Å². The summed E-state index contributed by atoms with van der Waals surface area (Å²) in [7, 11) is 0. The molecule has 75 valence electrons. The number of hydrogen-bond donors (Lipinski definition) is 0. The number of ether oxygens (including phenoxy) is 1. The van der Waals surface area contributed by atoms with E-state index >= 15 is 0 Å². The molecule has 2 rings (SSSR count). The first-order valence-electron chi connectivity index (χ1n) is 5.02. The van der Waals surface area contributed by atoms with Crippen LogP contribution in [0.1, 0.15) is 40.6 Å². The van der Waals surface area contributed by atoms with Crippen LogP contribution >= 0.6 is 11.3 Å². The molecule has 0 saturated carbocycles. The van der Waals surface area contributed by atoms with Gasteiger partial charge < -0.3 is 4.74 Å². The highest BCUT2D eigenvalue weighted by molar-refractivity contribution is 7.10. The molecule has 0 saturated heterocycles. The number of carbonyl (C=O) groups excluding carboxylic acids is 1. The second-order valence-electron chi connectivity index (χ2n) is 3.41. The maximum atomic E-state index is 11.5. The molecular weight excluding hydrogens is 196 g/mol. The van der Waals surface area contributed by atoms with Crippen LogP contribution in [-0.2, 0) is 17.6 Å². The van der Waals surface area contributed by atoms with Crippen LogP contribution in [0.5, 0.6) is 0 Å². The van der Waals surface area contributed by atoms with Crippen molar-refractivity contribution in [2.45, 2.75) is 32.6 Å². The fourth-order valence-electron chi connectivity index (χ4n) is 1.80. The molecule has 1 heterocycles. The van der Waals surface area contributed by atoms with Gasteiger partial charge >= 0.3 is 5.97 Å². The van der Waals surface area contributed by atoms with Crippen LogP contribution < -0.4 is 0 Å². The van der Waals surface area contributed by atoms with E-state index < -0.39 is 0 Å². The van der Waals surface area contributed by atoms with E-state index in [2.05, 4.69) is 5.38 Å². The number of thiophene rings is 1. The average molecular weight is 209 g/mol. The molecule has 14 heavy (non-hydrogen) atoms. The van der Waals surface area contributed by atoms with Crippen molar-refractivity contribution in [3.05, 3.63) is 21.4 Å². The Labute approximate surface area is 87.9 Å². The Morgan fingerprint density at radius 1 is 1.50 bits per heavy atom. The standard InChI is InChI=1S/C11H13O2S/c1-2-13-11(12)9-7-14-10-6-4-3-5-8(9)10/h2-6H2,1H3. The van der Waals surface area contributed by atoms with Gasteiger partial charge in [0, 0.05) is 4.88 Å².